The third-order valence-electron chi connectivity index (χ3n) is 5.57. The van der Waals surface area contributed by atoms with Crippen LogP contribution in [0.2, 0.25) is 0 Å². The van der Waals surface area contributed by atoms with Gasteiger partial charge in [0, 0.05) is 12.1 Å². The van der Waals surface area contributed by atoms with Crippen LogP contribution in [-0.4, -0.2) is 34.3 Å². The summed E-state index contributed by atoms with van der Waals surface area (Å²) in [6, 6.07) is 19.7. The summed E-state index contributed by atoms with van der Waals surface area (Å²) in [5, 5.41) is 12.4. The summed E-state index contributed by atoms with van der Waals surface area (Å²) >= 11 is 0. The molecular formula is C28H29FN4O3. The number of carbonyl (C=O) groups is 2. The highest BCUT2D eigenvalue weighted by atomic mass is 19.1. The number of alkyl carbamates (subject to hydrolysis) is 1. The summed E-state index contributed by atoms with van der Waals surface area (Å²) in [5.74, 6) is -0.871. The molecule has 1 atom stereocenters. The Bertz CT molecular complexity index is 1410. The van der Waals surface area contributed by atoms with Gasteiger partial charge < -0.3 is 15.4 Å². The van der Waals surface area contributed by atoms with Gasteiger partial charge in [0.2, 0.25) is 5.95 Å². The smallest absolute Gasteiger partial charge is 0.407 e. The van der Waals surface area contributed by atoms with Gasteiger partial charge in [-0.15, -0.1) is 5.10 Å². The molecule has 0 spiro atoms. The predicted molar refractivity (Wildman–Crippen MR) is 137 cm³/mol. The molecule has 7 nitrogen and oxygen atoms in total. The minimum Gasteiger partial charge on any atom is -0.444 e. The van der Waals surface area contributed by atoms with Gasteiger partial charge >= 0.3 is 6.09 Å². The van der Waals surface area contributed by atoms with E-state index in [0.717, 1.165) is 22.3 Å². The molecule has 0 fully saturated rings. The molecule has 3 N–H and O–H groups in total. The Morgan fingerprint density at radius 1 is 1.03 bits per heavy atom. The number of aryl methyl sites for hydroxylation is 1. The second kappa shape index (κ2) is 10.2. The Kier molecular flexibility index (Phi) is 7.05. The Balaban J connectivity index is 1.55. The number of aromatic amines is 1. The third-order valence-corrected chi connectivity index (χ3v) is 5.57. The van der Waals surface area contributed by atoms with Gasteiger partial charge in [0.15, 0.2) is 0 Å². The molecule has 0 saturated carbocycles. The number of rotatable bonds is 6. The number of nitrogens with one attached hydrogen (secondary N) is 3. The standard InChI is InChI=1S/C28H29FN4O3/c1-17-7-5-9-20(13-17)24(16-30-27(35)36-28(2,3)4)31-26(34)21-10-6-8-18(14-21)19-11-12-23-22(15-19)25(29)33-32-23/h5-15,24H,16H2,1-4H3,(H,30,35)(H,31,34)(H,32,33). The number of fused-ring (bicyclic) bond motifs is 1. The van der Waals surface area contributed by atoms with Gasteiger partial charge in [-0.2, -0.15) is 4.39 Å². The number of benzene rings is 3. The maximum absolute atomic E-state index is 14.0. The average Bonchev–Trinajstić information content (AvgIpc) is 3.20. The largest absolute Gasteiger partial charge is 0.444 e. The van der Waals surface area contributed by atoms with E-state index < -0.39 is 23.7 Å². The average molecular weight is 489 g/mol. The van der Waals surface area contributed by atoms with E-state index in [9.17, 15) is 14.0 Å². The van der Waals surface area contributed by atoms with Crippen molar-refractivity contribution in [1.29, 1.82) is 0 Å². The summed E-state index contributed by atoms with van der Waals surface area (Å²) in [6.07, 6.45) is -0.557. The van der Waals surface area contributed by atoms with E-state index in [1.54, 1.807) is 51.1 Å². The molecule has 0 aliphatic carbocycles. The number of nitrogens with zero attached hydrogens (tertiary/aromatic N) is 1. The Labute approximate surface area is 209 Å². The first-order valence-electron chi connectivity index (χ1n) is 11.7. The minimum absolute atomic E-state index is 0.153. The summed E-state index contributed by atoms with van der Waals surface area (Å²) in [7, 11) is 0. The highest BCUT2D eigenvalue weighted by Gasteiger charge is 2.20. The van der Waals surface area contributed by atoms with Gasteiger partial charge in [-0.1, -0.05) is 48.0 Å². The van der Waals surface area contributed by atoms with Crippen molar-refractivity contribution < 1.29 is 18.7 Å². The number of hydrogen-bond donors (Lipinski definition) is 3. The van der Waals surface area contributed by atoms with E-state index in [-0.39, 0.29) is 12.5 Å². The lowest BCUT2D eigenvalue weighted by Crippen LogP contribution is -2.40. The van der Waals surface area contributed by atoms with Crippen molar-refractivity contribution in [2.24, 2.45) is 0 Å². The van der Waals surface area contributed by atoms with Crippen molar-refractivity contribution in [3.05, 3.63) is 89.4 Å². The molecule has 0 aliphatic rings. The van der Waals surface area contributed by atoms with Crippen LogP contribution in [0.25, 0.3) is 22.0 Å². The molecule has 0 bridgehead atoms. The number of H-pyrrole nitrogens is 1. The van der Waals surface area contributed by atoms with Gasteiger partial charge in [-0.05, 0) is 68.7 Å². The Morgan fingerprint density at radius 3 is 2.53 bits per heavy atom. The van der Waals surface area contributed by atoms with Crippen LogP contribution in [0.3, 0.4) is 0 Å². The zero-order valence-electron chi connectivity index (χ0n) is 20.7. The quantitative estimate of drug-likeness (QED) is 0.326. The predicted octanol–water partition coefficient (Wildman–Crippen LogP) is 5.67. The van der Waals surface area contributed by atoms with Crippen LogP contribution in [0.5, 0.6) is 0 Å². The monoisotopic (exact) mass is 488 g/mol. The Hall–Kier alpha value is -4.20. The summed E-state index contributed by atoms with van der Waals surface area (Å²) < 4.78 is 19.3. The number of hydrogen-bond acceptors (Lipinski definition) is 4. The topological polar surface area (TPSA) is 96.1 Å². The van der Waals surface area contributed by atoms with E-state index >= 15 is 0 Å². The van der Waals surface area contributed by atoms with Gasteiger partial charge in [0.25, 0.3) is 5.91 Å². The summed E-state index contributed by atoms with van der Waals surface area (Å²) in [5.41, 5.74) is 3.83. The third kappa shape index (κ3) is 6.07. The molecule has 2 amide bonds. The second-order valence-electron chi connectivity index (χ2n) is 9.68. The number of aromatic nitrogens is 2. The molecule has 1 aromatic heterocycles. The zero-order chi connectivity index (χ0) is 25.9. The van der Waals surface area contributed by atoms with Gasteiger partial charge in [-0.3, -0.25) is 9.89 Å². The fraction of sp³-hybridized carbons (Fsp3) is 0.250. The minimum atomic E-state index is -0.630. The van der Waals surface area contributed by atoms with Crippen molar-refractivity contribution >= 4 is 22.9 Å². The molecule has 4 rings (SSSR count). The first kappa shape index (κ1) is 24.9. The van der Waals surface area contributed by atoms with Crippen LogP contribution in [-0.2, 0) is 4.74 Å². The molecular weight excluding hydrogens is 459 g/mol. The lowest BCUT2D eigenvalue weighted by molar-refractivity contribution is 0.0520. The molecule has 36 heavy (non-hydrogen) atoms. The SMILES string of the molecule is Cc1cccc(C(CNC(=O)OC(C)(C)C)NC(=O)c2cccc(-c3ccc4[nH]nc(F)c4c3)c2)c1. The molecule has 0 radical (unpaired) electrons. The van der Waals surface area contributed by atoms with Gasteiger partial charge in [-0.25, -0.2) is 4.79 Å². The van der Waals surface area contributed by atoms with E-state index in [1.807, 2.05) is 43.3 Å². The fourth-order valence-corrected chi connectivity index (χ4v) is 3.88. The van der Waals surface area contributed by atoms with E-state index in [2.05, 4.69) is 20.8 Å². The molecule has 4 aromatic rings. The van der Waals surface area contributed by atoms with Crippen molar-refractivity contribution in [3.63, 3.8) is 0 Å². The van der Waals surface area contributed by atoms with Crippen LogP contribution in [0.4, 0.5) is 9.18 Å². The molecule has 0 saturated heterocycles. The van der Waals surface area contributed by atoms with Crippen LogP contribution >= 0.6 is 0 Å². The second-order valence-corrected chi connectivity index (χ2v) is 9.68. The first-order chi connectivity index (χ1) is 17.1. The van der Waals surface area contributed by atoms with Crippen molar-refractivity contribution in [1.82, 2.24) is 20.8 Å². The maximum atomic E-state index is 14.0. The summed E-state index contributed by atoms with van der Waals surface area (Å²) in [6.45, 7) is 7.49. The van der Waals surface area contributed by atoms with E-state index in [1.165, 1.54) is 0 Å². The van der Waals surface area contributed by atoms with Crippen molar-refractivity contribution in [3.8, 4) is 11.1 Å². The lowest BCUT2D eigenvalue weighted by Gasteiger charge is -2.23. The number of amides is 2. The highest BCUT2D eigenvalue weighted by Crippen LogP contribution is 2.26. The zero-order valence-corrected chi connectivity index (χ0v) is 20.7. The summed E-state index contributed by atoms with van der Waals surface area (Å²) in [4.78, 5) is 25.5. The van der Waals surface area contributed by atoms with Gasteiger partial charge in [0.05, 0.1) is 16.9 Å². The maximum Gasteiger partial charge on any atom is 0.407 e. The fourth-order valence-electron chi connectivity index (χ4n) is 3.88. The van der Waals surface area contributed by atoms with Crippen LogP contribution in [0, 0.1) is 12.9 Å². The molecule has 0 aliphatic heterocycles. The Morgan fingerprint density at radius 2 is 1.78 bits per heavy atom. The number of ether oxygens (including phenoxy) is 1. The number of halogens is 1. The molecule has 3 aromatic carbocycles. The molecule has 8 heteroatoms. The van der Waals surface area contributed by atoms with Crippen molar-refractivity contribution in [2.75, 3.05) is 6.54 Å². The lowest BCUT2D eigenvalue weighted by atomic mass is 10.0. The molecule has 1 heterocycles. The van der Waals surface area contributed by atoms with Gasteiger partial charge in [0.1, 0.15) is 5.60 Å². The van der Waals surface area contributed by atoms with Crippen molar-refractivity contribution in [2.45, 2.75) is 39.3 Å². The van der Waals surface area contributed by atoms with E-state index in [4.69, 9.17) is 4.74 Å². The normalized spacial score (nSPS) is 12.2. The number of carbonyl (C=O) groups excluding carboxylic acids is 2. The van der Waals surface area contributed by atoms with Crippen LogP contribution in [0.15, 0.2) is 66.7 Å². The first-order valence-corrected chi connectivity index (χ1v) is 11.7. The molecule has 1 unspecified atom stereocenters. The van der Waals surface area contributed by atoms with Crippen LogP contribution in [0.1, 0.15) is 48.3 Å². The van der Waals surface area contributed by atoms with Crippen LogP contribution < -0.4 is 10.6 Å². The van der Waals surface area contributed by atoms with E-state index in [0.29, 0.717) is 16.5 Å². The highest BCUT2D eigenvalue weighted by molar-refractivity contribution is 5.96. The molecule has 186 valence electrons.